The van der Waals surface area contributed by atoms with Gasteiger partial charge in [-0.05, 0) is 62.4 Å². The van der Waals surface area contributed by atoms with Crippen LogP contribution in [0.3, 0.4) is 0 Å². The van der Waals surface area contributed by atoms with Gasteiger partial charge in [-0.25, -0.2) is 4.68 Å². The molecule has 3 aromatic rings. The van der Waals surface area contributed by atoms with Crippen LogP contribution in [0.5, 0.6) is 0 Å². The van der Waals surface area contributed by atoms with Gasteiger partial charge in [-0.1, -0.05) is 0 Å². The van der Waals surface area contributed by atoms with Crippen molar-refractivity contribution in [2.24, 2.45) is 5.10 Å². The Kier molecular flexibility index (Phi) is 8.08. The van der Waals surface area contributed by atoms with E-state index in [1.54, 1.807) is 6.92 Å². The number of hydrogen-bond donors (Lipinski definition) is 5. The van der Waals surface area contributed by atoms with Crippen LogP contribution < -0.4 is 17.3 Å². The molecule has 0 atom stereocenters. The summed E-state index contributed by atoms with van der Waals surface area (Å²) in [6.07, 6.45) is 1.45. The molecule has 1 amide bonds. The molecule has 0 fully saturated rings. The van der Waals surface area contributed by atoms with Crippen molar-refractivity contribution in [1.82, 2.24) is 22.1 Å². The fourth-order valence-electron chi connectivity index (χ4n) is 3.44. The van der Waals surface area contributed by atoms with Gasteiger partial charge in [0.15, 0.2) is 0 Å². The zero-order chi connectivity index (χ0) is 25.7. The van der Waals surface area contributed by atoms with Crippen LogP contribution in [0.25, 0.3) is 11.4 Å². The third kappa shape index (κ3) is 5.58. The van der Waals surface area contributed by atoms with Crippen LogP contribution in [-0.2, 0) is 25.0 Å². The summed E-state index contributed by atoms with van der Waals surface area (Å²) in [6, 6.07) is 10.0. The molecular weight excluding hydrogens is 528 g/mol. The summed E-state index contributed by atoms with van der Waals surface area (Å²) in [5, 5.41) is 20.4. The number of rotatable bonds is 5. The maximum Gasteiger partial charge on any atom is 0.294 e. The maximum atomic E-state index is 13.1. The number of nitrogens with zero attached hydrogens (tertiary/aromatic N) is 4. The Morgan fingerprint density at radius 1 is 0.811 bits per heavy atom. The number of hydrogen-bond acceptors (Lipinski definition) is 10. The molecule has 0 spiro atoms. The number of anilines is 1. The minimum absolute atomic E-state index is 0. The highest BCUT2D eigenvalue weighted by atomic mass is 32.2. The van der Waals surface area contributed by atoms with E-state index in [2.05, 4.69) is 10.2 Å². The quantitative estimate of drug-likeness (QED) is 0.175. The molecule has 0 saturated carbocycles. The molecule has 0 radical (unpaired) electrons. The summed E-state index contributed by atoms with van der Waals surface area (Å²) in [6.45, 7) is 3.12. The largest absolute Gasteiger partial charge is 0.506 e. The molecule has 0 aliphatic carbocycles. The standard InChI is InChI=1S/C21H18N4O8S2.2H3N/c1-12-18(11-24(22-12)14-3-7-16(8-4-14)34(28,29)30)20(26)19-13(2)23-25(21(19)27)15-5-9-17(10-6-15)35(31,32)33;;/h3-11,26H,1-2H3,(H,28,29,30)(H,31,32,33);2*1H3. The first-order valence-electron chi connectivity index (χ1n) is 9.83. The second-order valence-corrected chi connectivity index (χ2v) is 10.4. The molecule has 1 aliphatic rings. The lowest BCUT2D eigenvalue weighted by Crippen LogP contribution is -2.22. The highest BCUT2D eigenvalue weighted by Crippen LogP contribution is 2.30. The van der Waals surface area contributed by atoms with E-state index < -0.39 is 26.1 Å². The van der Waals surface area contributed by atoms with Gasteiger partial charge in [-0.15, -0.1) is 0 Å². The fraction of sp³-hybridized carbons (Fsp3) is 0.0952. The molecule has 16 heteroatoms. The van der Waals surface area contributed by atoms with Gasteiger partial charge in [-0.3, -0.25) is 13.9 Å². The van der Waals surface area contributed by atoms with Crippen molar-refractivity contribution in [1.29, 1.82) is 0 Å². The number of amides is 1. The Morgan fingerprint density at radius 2 is 1.27 bits per heavy atom. The van der Waals surface area contributed by atoms with Crippen molar-refractivity contribution < 1.29 is 35.8 Å². The van der Waals surface area contributed by atoms with Crippen molar-refractivity contribution in [3.63, 3.8) is 0 Å². The Morgan fingerprint density at radius 3 is 1.73 bits per heavy atom. The van der Waals surface area contributed by atoms with Crippen LogP contribution in [0.15, 0.2) is 75.2 Å². The molecule has 9 N–H and O–H groups in total. The van der Waals surface area contributed by atoms with Gasteiger partial charge in [0, 0.05) is 6.20 Å². The summed E-state index contributed by atoms with van der Waals surface area (Å²) in [5.41, 5.74) is 1.36. The van der Waals surface area contributed by atoms with Crippen molar-refractivity contribution in [3.8, 4) is 5.69 Å². The molecule has 1 aliphatic heterocycles. The minimum atomic E-state index is -4.40. The van der Waals surface area contributed by atoms with Crippen LogP contribution >= 0.6 is 0 Å². The molecule has 2 aromatic carbocycles. The number of carbonyl (C=O) groups is 1. The van der Waals surface area contributed by atoms with E-state index in [9.17, 15) is 26.7 Å². The van der Waals surface area contributed by atoms with E-state index in [0.717, 1.165) is 17.1 Å². The lowest BCUT2D eigenvalue weighted by Gasteiger charge is -2.12. The van der Waals surface area contributed by atoms with Gasteiger partial charge in [0.05, 0.1) is 38.1 Å². The van der Waals surface area contributed by atoms with Crippen LogP contribution in [0.4, 0.5) is 5.69 Å². The number of aliphatic hydroxyl groups is 1. The van der Waals surface area contributed by atoms with Gasteiger partial charge in [0.1, 0.15) is 11.3 Å². The smallest absolute Gasteiger partial charge is 0.294 e. The molecule has 0 saturated heterocycles. The van der Waals surface area contributed by atoms with E-state index in [1.807, 2.05) is 0 Å². The highest BCUT2D eigenvalue weighted by molar-refractivity contribution is 7.86. The van der Waals surface area contributed by atoms with Gasteiger partial charge in [0.2, 0.25) is 0 Å². The topological polar surface area (TPSA) is 249 Å². The number of carbonyl (C=O) groups excluding carboxylic acids is 1. The summed E-state index contributed by atoms with van der Waals surface area (Å²) < 4.78 is 64.6. The van der Waals surface area contributed by atoms with Crippen molar-refractivity contribution in [2.45, 2.75) is 23.6 Å². The van der Waals surface area contributed by atoms with Gasteiger partial charge < -0.3 is 17.4 Å². The van der Waals surface area contributed by atoms with Crippen LogP contribution in [0, 0.1) is 6.92 Å². The minimum Gasteiger partial charge on any atom is -0.506 e. The Balaban J connectivity index is 0.00000241. The van der Waals surface area contributed by atoms with Crippen molar-refractivity contribution >= 4 is 43.3 Å². The highest BCUT2D eigenvalue weighted by Gasteiger charge is 2.33. The lowest BCUT2D eigenvalue weighted by atomic mass is 10.1. The number of aromatic nitrogens is 2. The van der Waals surface area contributed by atoms with Gasteiger partial charge >= 0.3 is 0 Å². The summed E-state index contributed by atoms with van der Waals surface area (Å²) in [4.78, 5) is 12.4. The van der Waals surface area contributed by atoms with Crippen LogP contribution in [0.2, 0.25) is 0 Å². The van der Waals surface area contributed by atoms with E-state index in [1.165, 1.54) is 54.2 Å². The second kappa shape index (κ2) is 10.2. The molecule has 2 heterocycles. The second-order valence-electron chi connectivity index (χ2n) is 7.54. The normalized spacial score (nSPS) is 15.1. The number of aryl methyl sites for hydroxylation is 1. The number of hydrazone groups is 1. The first-order valence-corrected chi connectivity index (χ1v) is 12.7. The predicted octanol–water partition coefficient (Wildman–Crippen LogP) is 2.69. The van der Waals surface area contributed by atoms with E-state index >= 15 is 0 Å². The molecule has 0 bridgehead atoms. The molecule has 4 rings (SSSR count). The SMILES string of the molecule is CC1=NN(c2ccc(S(=O)(=O)O)cc2)C(=O)C1=C(O)c1cn(-c2ccc(S(=O)(=O)O)cc2)nc1C.N.N. The van der Waals surface area contributed by atoms with E-state index in [0.29, 0.717) is 11.4 Å². The lowest BCUT2D eigenvalue weighted by molar-refractivity contribution is -0.114. The van der Waals surface area contributed by atoms with Crippen LogP contribution in [-0.4, -0.2) is 52.4 Å². The first-order chi connectivity index (χ1) is 16.3. The first kappa shape index (κ1) is 29.3. The van der Waals surface area contributed by atoms with Crippen LogP contribution in [0.1, 0.15) is 18.2 Å². The molecule has 14 nitrogen and oxygen atoms in total. The van der Waals surface area contributed by atoms with E-state index in [-0.39, 0.29) is 50.4 Å². The number of benzene rings is 2. The van der Waals surface area contributed by atoms with Crippen molar-refractivity contribution in [3.05, 3.63) is 71.6 Å². The number of aliphatic hydroxyl groups excluding tert-OH is 1. The summed E-state index contributed by atoms with van der Waals surface area (Å²) in [7, 11) is -8.76. The molecule has 37 heavy (non-hydrogen) atoms. The average molecular weight is 553 g/mol. The van der Waals surface area contributed by atoms with Gasteiger partial charge in [-0.2, -0.15) is 32.0 Å². The Bertz CT molecular complexity index is 1620. The zero-order valence-electron chi connectivity index (χ0n) is 19.6. The zero-order valence-corrected chi connectivity index (χ0v) is 21.2. The monoisotopic (exact) mass is 552 g/mol. The predicted molar refractivity (Wildman–Crippen MR) is 135 cm³/mol. The third-order valence-electron chi connectivity index (χ3n) is 5.19. The molecule has 1 aromatic heterocycles. The Labute approximate surface area is 212 Å². The fourth-order valence-corrected chi connectivity index (χ4v) is 4.40. The van der Waals surface area contributed by atoms with E-state index in [4.69, 9.17) is 9.11 Å². The summed E-state index contributed by atoms with van der Waals surface area (Å²) >= 11 is 0. The Hall–Kier alpha value is -3.93. The van der Waals surface area contributed by atoms with Crippen molar-refractivity contribution in [2.75, 3.05) is 5.01 Å². The molecular formula is C21H24N6O8S2. The maximum absolute atomic E-state index is 13.1. The average Bonchev–Trinajstić information content (AvgIpc) is 3.31. The summed E-state index contributed by atoms with van der Waals surface area (Å²) in [5.74, 6) is -1.05. The molecule has 198 valence electrons. The van der Waals surface area contributed by atoms with Gasteiger partial charge in [0.25, 0.3) is 26.1 Å². The molecule has 0 unspecified atom stereocenters. The third-order valence-corrected chi connectivity index (χ3v) is 6.92.